The summed E-state index contributed by atoms with van der Waals surface area (Å²) in [6.45, 7) is 6.42. The predicted molar refractivity (Wildman–Crippen MR) is 136 cm³/mol. The number of nitrogens with zero attached hydrogens (tertiary/aromatic N) is 2. The summed E-state index contributed by atoms with van der Waals surface area (Å²) in [5.41, 5.74) is 1.88. The second-order valence-corrected chi connectivity index (χ2v) is 9.97. The van der Waals surface area contributed by atoms with Crippen molar-refractivity contribution in [2.24, 2.45) is 0 Å². The Morgan fingerprint density at radius 2 is 2.00 bits per heavy atom. The zero-order valence-electron chi connectivity index (χ0n) is 20.9. The third-order valence-corrected chi connectivity index (χ3v) is 7.01. The summed E-state index contributed by atoms with van der Waals surface area (Å²) >= 11 is 6.08. The minimum absolute atomic E-state index is 0.0932. The van der Waals surface area contributed by atoms with Gasteiger partial charge in [-0.25, -0.2) is 13.9 Å². The SMILES string of the molecule is CCN(CCC[C@@H](C)Nc1ccnc2cc(Cl)ccc12)CCOP(=O)(OC)OC(OC)C(=O)OC. The van der Waals surface area contributed by atoms with Gasteiger partial charge in [0.25, 0.3) is 6.29 Å². The Bertz CT molecular complexity index is 997. The van der Waals surface area contributed by atoms with E-state index >= 15 is 0 Å². The monoisotopic (exact) mass is 531 g/mol. The number of esters is 1. The van der Waals surface area contributed by atoms with Gasteiger partial charge in [0.05, 0.1) is 19.2 Å². The van der Waals surface area contributed by atoms with Gasteiger partial charge in [-0.1, -0.05) is 18.5 Å². The summed E-state index contributed by atoms with van der Waals surface area (Å²) in [6, 6.07) is 7.90. The maximum absolute atomic E-state index is 12.6. The molecule has 2 unspecified atom stereocenters. The number of hydrogen-bond acceptors (Lipinski definition) is 10. The van der Waals surface area contributed by atoms with Crippen LogP contribution >= 0.6 is 19.4 Å². The van der Waals surface area contributed by atoms with Crippen molar-refractivity contribution in [2.75, 3.05) is 52.9 Å². The van der Waals surface area contributed by atoms with Crippen LogP contribution in [0.3, 0.4) is 0 Å². The Labute approximate surface area is 211 Å². The molecule has 2 aromatic rings. The third kappa shape index (κ3) is 9.31. The summed E-state index contributed by atoms with van der Waals surface area (Å²) in [5, 5.41) is 5.25. The molecule has 10 nitrogen and oxygen atoms in total. The molecule has 0 radical (unpaired) electrons. The number of phosphoric ester groups is 1. The van der Waals surface area contributed by atoms with Crippen molar-refractivity contribution < 1.29 is 32.4 Å². The molecule has 12 heteroatoms. The number of hydrogen-bond donors (Lipinski definition) is 1. The molecule has 1 aromatic carbocycles. The number of anilines is 1. The molecule has 0 aliphatic carbocycles. The van der Waals surface area contributed by atoms with Crippen LogP contribution in [0.2, 0.25) is 5.02 Å². The number of fused-ring (bicyclic) bond motifs is 1. The Morgan fingerprint density at radius 1 is 1.23 bits per heavy atom. The second kappa shape index (κ2) is 14.7. The highest BCUT2D eigenvalue weighted by molar-refractivity contribution is 7.48. The lowest BCUT2D eigenvalue weighted by atomic mass is 10.1. The van der Waals surface area contributed by atoms with E-state index in [0.717, 1.165) is 42.5 Å². The first-order valence-corrected chi connectivity index (χ1v) is 13.2. The first kappa shape index (κ1) is 29.5. The molecule has 1 N–H and O–H groups in total. The van der Waals surface area contributed by atoms with E-state index in [1.165, 1.54) is 21.3 Å². The molecule has 3 atom stereocenters. The number of carbonyl (C=O) groups excluding carboxylic acids is 1. The van der Waals surface area contributed by atoms with E-state index in [9.17, 15) is 9.36 Å². The standard InChI is InChI=1S/C23H35ClN3O7P/c1-6-27(14-15-33-35(29,32-5)34-23(31-4)22(28)30-3)13-7-8-17(2)26-20-11-12-25-21-16-18(24)9-10-19(20)21/h9-12,16-17,23H,6-8,13-15H2,1-5H3,(H,25,26)/t17-,23?,35?/m1/s1. The summed E-state index contributed by atoms with van der Waals surface area (Å²) in [4.78, 5) is 18.2. The fourth-order valence-electron chi connectivity index (χ4n) is 3.44. The normalized spacial score (nSPS) is 15.1. The van der Waals surface area contributed by atoms with Gasteiger partial charge in [-0.05, 0) is 57.1 Å². The largest absolute Gasteiger partial charge is 0.477 e. The number of rotatable bonds is 16. The Balaban J connectivity index is 1.79. The lowest BCUT2D eigenvalue weighted by Crippen LogP contribution is -2.30. The molecule has 0 saturated heterocycles. The van der Waals surface area contributed by atoms with Crippen molar-refractivity contribution in [3.8, 4) is 0 Å². The highest BCUT2D eigenvalue weighted by Crippen LogP contribution is 2.49. The minimum atomic E-state index is -3.99. The van der Waals surface area contributed by atoms with E-state index in [-0.39, 0.29) is 12.6 Å². The molecule has 35 heavy (non-hydrogen) atoms. The van der Waals surface area contributed by atoms with Crippen molar-refractivity contribution in [1.82, 2.24) is 9.88 Å². The van der Waals surface area contributed by atoms with E-state index in [1.54, 1.807) is 6.20 Å². The van der Waals surface area contributed by atoms with Crippen LogP contribution in [0.5, 0.6) is 0 Å². The summed E-state index contributed by atoms with van der Waals surface area (Å²) in [5.74, 6) is -0.838. The van der Waals surface area contributed by atoms with Crippen LogP contribution in [0.1, 0.15) is 26.7 Å². The van der Waals surface area contributed by atoms with Crippen LogP contribution in [0, 0.1) is 0 Å². The van der Waals surface area contributed by atoms with Crippen molar-refractivity contribution >= 4 is 42.0 Å². The Hall–Kier alpha value is -1.78. The fourth-order valence-corrected chi connectivity index (χ4v) is 4.57. The van der Waals surface area contributed by atoms with Gasteiger partial charge in [0.15, 0.2) is 0 Å². The van der Waals surface area contributed by atoms with Crippen LogP contribution < -0.4 is 5.32 Å². The summed E-state index contributed by atoms with van der Waals surface area (Å²) < 4.78 is 37.3. The average molecular weight is 532 g/mol. The van der Waals surface area contributed by atoms with Gasteiger partial charge in [0.2, 0.25) is 0 Å². The summed E-state index contributed by atoms with van der Waals surface area (Å²) in [7, 11) is -0.416. The van der Waals surface area contributed by atoms with Gasteiger partial charge >= 0.3 is 13.8 Å². The molecular formula is C23H35ClN3O7P. The predicted octanol–water partition coefficient (Wildman–Crippen LogP) is 4.72. The number of pyridine rings is 1. The number of aromatic nitrogens is 1. The van der Waals surface area contributed by atoms with Gasteiger partial charge in [0.1, 0.15) is 0 Å². The fraction of sp³-hybridized carbons (Fsp3) is 0.565. The first-order valence-electron chi connectivity index (χ1n) is 11.4. The molecule has 0 spiro atoms. The first-order chi connectivity index (χ1) is 16.7. The topological polar surface area (TPSA) is 108 Å². The van der Waals surface area contributed by atoms with Crippen molar-refractivity contribution in [3.63, 3.8) is 0 Å². The van der Waals surface area contributed by atoms with E-state index in [0.29, 0.717) is 11.6 Å². The number of methoxy groups -OCH3 is 2. The molecule has 0 bridgehead atoms. The third-order valence-electron chi connectivity index (χ3n) is 5.38. The lowest BCUT2D eigenvalue weighted by molar-refractivity contribution is -0.173. The molecule has 0 fully saturated rings. The smallest absolute Gasteiger partial charge is 0.465 e. The molecule has 0 aliphatic rings. The zero-order chi connectivity index (χ0) is 25.8. The van der Waals surface area contributed by atoms with Crippen LogP contribution in [-0.2, 0) is 32.4 Å². The Kier molecular flexibility index (Phi) is 12.4. The van der Waals surface area contributed by atoms with Crippen LogP contribution in [-0.4, -0.2) is 75.8 Å². The molecule has 1 aromatic heterocycles. The maximum Gasteiger partial charge on any atom is 0.477 e. The van der Waals surface area contributed by atoms with E-state index in [4.69, 9.17) is 29.9 Å². The molecule has 0 aliphatic heterocycles. The lowest BCUT2D eigenvalue weighted by Gasteiger charge is -2.24. The molecule has 1 heterocycles. The quantitative estimate of drug-likeness (QED) is 0.185. The second-order valence-electron chi connectivity index (χ2n) is 7.80. The number of carbonyl (C=O) groups is 1. The minimum Gasteiger partial charge on any atom is -0.465 e. The number of likely N-dealkylation sites (N-methyl/N-ethyl adjacent to an activating group) is 1. The number of phosphoric acid groups is 1. The van der Waals surface area contributed by atoms with Gasteiger partial charge in [-0.3, -0.25) is 14.0 Å². The van der Waals surface area contributed by atoms with Gasteiger partial charge in [0, 0.05) is 49.1 Å². The van der Waals surface area contributed by atoms with Gasteiger partial charge in [-0.2, -0.15) is 0 Å². The van der Waals surface area contributed by atoms with Crippen LogP contribution in [0.25, 0.3) is 10.9 Å². The van der Waals surface area contributed by atoms with Crippen molar-refractivity contribution in [3.05, 3.63) is 35.5 Å². The number of ether oxygens (including phenoxy) is 2. The van der Waals surface area contributed by atoms with Crippen molar-refractivity contribution in [2.45, 2.75) is 39.0 Å². The van der Waals surface area contributed by atoms with E-state index in [2.05, 4.69) is 26.9 Å². The van der Waals surface area contributed by atoms with E-state index in [1.807, 2.05) is 31.2 Å². The summed E-state index contributed by atoms with van der Waals surface area (Å²) in [6.07, 6.45) is 2.16. The highest BCUT2D eigenvalue weighted by Gasteiger charge is 2.34. The number of nitrogens with one attached hydrogen (secondary N) is 1. The Morgan fingerprint density at radius 3 is 2.66 bits per heavy atom. The molecule has 0 amide bonds. The maximum atomic E-state index is 12.6. The zero-order valence-corrected chi connectivity index (χ0v) is 22.5. The molecular weight excluding hydrogens is 497 g/mol. The van der Waals surface area contributed by atoms with E-state index < -0.39 is 20.1 Å². The number of halogens is 1. The van der Waals surface area contributed by atoms with Gasteiger partial charge in [-0.15, -0.1) is 0 Å². The van der Waals surface area contributed by atoms with Crippen molar-refractivity contribution in [1.29, 1.82) is 0 Å². The van der Waals surface area contributed by atoms with Gasteiger partial charge < -0.3 is 19.7 Å². The number of benzene rings is 1. The highest BCUT2D eigenvalue weighted by atomic mass is 35.5. The average Bonchev–Trinajstić information content (AvgIpc) is 2.85. The molecule has 196 valence electrons. The van der Waals surface area contributed by atoms with Crippen LogP contribution in [0.4, 0.5) is 5.69 Å². The van der Waals surface area contributed by atoms with Crippen LogP contribution in [0.15, 0.2) is 30.5 Å². The molecule has 0 saturated carbocycles. The molecule has 2 rings (SSSR count).